The molecule has 0 bridgehead atoms. The number of aliphatic hydroxyl groups is 1. The third-order valence-corrected chi connectivity index (χ3v) is 10.8. The van der Waals surface area contributed by atoms with Crippen LogP contribution in [0.5, 0.6) is 5.75 Å². The Morgan fingerprint density at radius 2 is 1.61 bits per heavy atom. The Morgan fingerprint density at radius 1 is 0.951 bits per heavy atom. The Kier molecular flexibility index (Phi) is 10.4. The van der Waals surface area contributed by atoms with Crippen LogP contribution in [0.3, 0.4) is 0 Å². The molecule has 3 aromatic carbocycles. The van der Waals surface area contributed by atoms with E-state index < -0.39 is 27.3 Å². The van der Waals surface area contributed by atoms with Gasteiger partial charge in [0, 0.05) is 37.0 Å². The summed E-state index contributed by atoms with van der Waals surface area (Å²) in [5, 5.41) is 12.4. The summed E-state index contributed by atoms with van der Waals surface area (Å²) in [7, 11) is 0.243. The number of nitrogens with zero attached hydrogens (tertiary/aromatic N) is 1. The maximum Gasteiger partial charge on any atom is 0.179 e. The molecule has 0 unspecified atom stereocenters. The van der Waals surface area contributed by atoms with E-state index in [4.69, 9.17) is 16.3 Å². The van der Waals surface area contributed by atoms with E-state index >= 15 is 0 Å². The lowest BCUT2D eigenvalue weighted by molar-refractivity contribution is 0.0126. The normalized spacial score (nSPS) is 19.3. The Labute approximate surface area is 251 Å². The number of alkyl halides is 1. The maximum atomic E-state index is 14.1. The molecule has 0 spiro atoms. The fraction of sp³-hybridized carbons (Fsp3) is 0.471. The summed E-state index contributed by atoms with van der Waals surface area (Å²) in [6, 6.07) is 21.4. The lowest BCUT2D eigenvalue weighted by Gasteiger charge is -2.40. The molecule has 4 rings (SSSR count). The Balaban J connectivity index is 1.81. The fourth-order valence-electron chi connectivity index (χ4n) is 6.08. The van der Waals surface area contributed by atoms with Gasteiger partial charge < -0.3 is 14.7 Å². The number of unbranched alkanes of at least 4 members (excludes halogenated alkanes) is 2. The summed E-state index contributed by atoms with van der Waals surface area (Å²) in [5.41, 5.74) is 3.77. The van der Waals surface area contributed by atoms with Crippen molar-refractivity contribution in [2.75, 3.05) is 24.7 Å². The van der Waals surface area contributed by atoms with Crippen LogP contribution >= 0.6 is 11.6 Å². The van der Waals surface area contributed by atoms with Crippen molar-refractivity contribution in [1.29, 1.82) is 0 Å². The van der Waals surface area contributed by atoms with Crippen molar-refractivity contribution in [1.82, 2.24) is 0 Å². The smallest absolute Gasteiger partial charge is 0.179 e. The molecule has 0 aromatic heterocycles. The number of sulfone groups is 1. The first-order chi connectivity index (χ1) is 19.6. The number of benzene rings is 3. The van der Waals surface area contributed by atoms with Gasteiger partial charge in [0.15, 0.2) is 9.84 Å². The predicted molar refractivity (Wildman–Crippen MR) is 169 cm³/mol. The molecule has 3 aromatic rings. The van der Waals surface area contributed by atoms with E-state index in [-0.39, 0.29) is 5.75 Å². The van der Waals surface area contributed by atoms with E-state index in [0.29, 0.717) is 41.5 Å². The number of aliphatic hydroxyl groups excluding tert-OH is 1. The lowest BCUT2D eigenvalue weighted by atomic mass is 9.68. The molecular weight excluding hydrogens is 554 g/mol. The number of hydrogen-bond donors (Lipinski definition) is 1. The Hall–Kier alpha value is -2.54. The van der Waals surface area contributed by atoms with E-state index in [1.165, 1.54) is 0 Å². The lowest BCUT2D eigenvalue weighted by Crippen LogP contribution is -2.43. The molecule has 0 saturated heterocycles. The minimum absolute atomic E-state index is 0.0412. The summed E-state index contributed by atoms with van der Waals surface area (Å²) in [4.78, 5) is 2.30. The second kappa shape index (κ2) is 13.6. The molecule has 0 fully saturated rings. The van der Waals surface area contributed by atoms with Gasteiger partial charge in [-0.15, -0.1) is 11.6 Å². The van der Waals surface area contributed by atoms with Gasteiger partial charge in [-0.1, -0.05) is 75.9 Å². The van der Waals surface area contributed by atoms with Crippen molar-refractivity contribution in [3.05, 3.63) is 89.0 Å². The fourth-order valence-corrected chi connectivity index (χ4v) is 8.45. The third kappa shape index (κ3) is 7.10. The van der Waals surface area contributed by atoms with Crippen molar-refractivity contribution in [3.63, 3.8) is 0 Å². The molecule has 5 nitrogen and oxygen atoms in total. The summed E-state index contributed by atoms with van der Waals surface area (Å²) in [6.45, 7) is 4.63. The summed E-state index contributed by atoms with van der Waals surface area (Å²) in [5.74, 6) is 0.599. The van der Waals surface area contributed by atoms with E-state index in [1.807, 2.05) is 79.7 Å². The monoisotopic (exact) mass is 597 g/mol. The molecular formula is C34H44ClNO4S. The van der Waals surface area contributed by atoms with Crippen LogP contribution in [0.15, 0.2) is 71.6 Å². The largest absolute Gasteiger partial charge is 0.489 e. The van der Waals surface area contributed by atoms with Crippen LogP contribution in [0.2, 0.25) is 0 Å². The van der Waals surface area contributed by atoms with Crippen LogP contribution < -0.4 is 9.64 Å². The number of hydrogen-bond acceptors (Lipinski definition) is 5. The molecule has 0 radical (unpaired) electrons. The third-order valence-electron chi connectivity index (χ3n) is 8.46. The second-order valence-corrected chi connectivity index (χ2v) is 13.9. The highest BCUT2D eigenvalue weighted by Crippen LogP contribution is 2.50. The Morgan fingerprint density at radius 3 is 2.22 bits per heavy atom. The van der Waals surface area contributed by atoms with E-state index in [9.17, 15) is 13.5 Å². The quantitative estimate of drug-likeness (QED) is 0.217. The molecule has 41 heavy (non-hydrogen) atoms. The molecule has 222 valence electrons. The minimum atomic E-state index is -3.64. The molecule has 1 heterocycles. The highest BCUT2D eigenvalue weighted by Gasteiger charge is 2.49. The van der Waals surface area contributed by atoms with Crippen molar-refractivity contribution >= 4 is 27.1 Å². The first-order valence-corrected chi connectivity index (χ1v) is 16.9. The van der Waals surface area contributed by atoms with Gasteiger partial charge in [-0.25, -0.2) is 8.42 Å². The van der Waals surface area contributed by atoms with E-state index in [0.717, 1.165) is 48.1 Å². The van der Waals surface area contributed by atoms with Gasteiger partial charge in [0.2, 0.25) is 0 Å². The number of halogens is 1. The topological polar surface area (TPSA) is 66.8 Å². The van der Waals surface area contributed by atoms with Crippen molar-refractivity contribution in [2.24, 2.45) is 5.41 Å². The van der Waals surface area contributed by atoms with Gasteiger partial charge in [0.1, 0.15) is 12.4 Å². The second-order valence-electron chi connectivity index (χ2n) is 11.7. The number of anilines is 1. The number of ether oxygens (including phenoxy) is 1. The van der Waals surface area contributed by atoms with Gasteiger partial charge in [0.05, 0.1) is 16.8 Å². The van der Waals surface area contributed by atoms with Crippen LogP contribution in [0.25, 0.3) is 0 Å². The summed E-state index contributed by atoms with van der Waals surface area (Å²) >= 11 is 5.93. The molecule has 1 N–H and O–H groups in total. The summed E-state index contributed by atoms with van der Waals surface area (Å²) < 4.78 is 34.3. The molecule has 1 aliphatic rings. The standard InChI is InChI=1S/C34H44ClNO4S/c1-5-7-18-34(19-8-6-2)24-41(38,39)31-17-16-28(36(3)4)21-30(31)32(33(34)37)27-10-9-11-29(20-27)40-23-26-14-12-25(22-35)13-15-26/h9-17,20-21,32-33,37H,5-8,18-19,22-24H2,1-4H3/t32-,33-/m1/s1. The average molecular weight is 598 g/mol. The summed E-state index contributed by atoms with van der Waals surface area (Å²) in [6.07, 6.45) is 4.10. The molecule has 2 atom stereocenters. The molecule has 0 aliphatic carbocycles. The molecule has 7 heteroatoms. The van der Waals surface area contributed by atoms with Gasteiger partial charge in [-0.3, -0.25) is 0 Å². The van der Waals surface area contributed by atoms with Crippen LogP contribution in [-0.4, -0.2) is 39.5 Å². The molecule has 0 saturated carbocycles. The minimum Gasteiger partial charge on any atom is -0.489 e. The van der Waals surface area contributed by atoms with Gasteiger partial charge in [-0.05, 0) is 65.4 Å². The number of fused-ring (bicyclic) bond motifs is 1. The molecule has 0 amide bonds. The van der Waals surface area contributed by atoms with Crippen LogP contribution in [-0.2, 0) is 22.3 Å². The highest BCUT2D eigenvalue weighted by atomic mass is 35.5. The zero-order valence-electron chi connectivity index (χ0n) is 24.8. The predicted octanol–water partition coefficient (Wildman–Crippen LogP) is 7.72. The zero-order chi connectivity index (χ0) is 29.6. The van der Waals surface area contributed by atoms with Crippen LogP contribution in [0, 0.1) is 5.41 Å². The van der Waals surface area contributed by atoms with Crippen molar-refractivity contribution in [3.8, 4) is 5.75 Å². The van der Waals surface area contributed by atoms with Crippen molar-refractivity contribution in [2.45, 2.75) is 81.8 Å². The molecule has 1 aliphatic heterocycles. The first kappa shape index (κ1) is 31.4. The Bertz CT molecular complexity index is 1400. The highest BCUT2D eigenvalue weighted by molar-refractivity contribution is 7.91. The SMILES string of the molecule is CCCCC1(CCCC)CS(=O)(=O)c2ccc(N(C)C)cc2[C@@H](c2cccc(OCc3ccc(CCl)cc3)c2)[C@H]1O. The maximum absolute atomic E-state index is 14.1. The van der Waals surface area contributed by atoms with E-state index in [1.54, 1.807) is 6.07 Å². The average Bonchev–Trinajstić information content (AvgIpc) is 3.04. The van der Waals surface area contributed by atoms with E-state index in [2.05, 4.69) is 13.8 Å². The van der Waals surface area contributed by atoms with Gasteiger partial charge in [-0.2, -0.15) is 0 Å². The number of rotatable bonds is 12. The van der Waals surface area contributed by atoms with Crippen molar-refractivity contribution < 1.29 is 18.3 Å². The van der Waals surface area contributed by atoms with Crippen LogP contribution in [0.4, 0.5) is 5.69 Å². The van der Waals surface area contributed by atoms with Gasteiger partial charge in [0.25, 0.3) is 0 Å². The van der Waals surface area contributed by atoms with Crippen LogP contribution in [0.1, 0.15) is 80.5 Å². The van der Waals surface area contributed by atoms with Gasteiger partial charge >= 0.3 is 0 Å². The first-order valence-electron chi connectivity index (χ1n) is 14.7. The zero-order valence-corrected chi connectivity index (χ0v) is 26.3.